The van der Waals surface area contributed by atoms with Crippen molar-refractivity contribution >= 4 is 17.5 Å². The van der Waals surface area contributed by atoms with Gasteiger partial charge in [-0.3, -0.25) is 23.7 Å². The van der Waals surface area contributed by atoms with Crippen LogP contribution in [-0.4, -0.2) is 47.6 Å². The van der Waals surface area contributed by atoms with Crippen molar-refractivity contribution in [1.29, 1.82) is 0 Å². The molecule has 3 aromatic rings. The Balaban J connectivity index is 1.35. The van der Waals surface area contributed by atoms with Gasteiger partial charge in [-0.1, -0.05) is 0 Å². The number of halogens is 2. The molecule has 2 fully saturated rings. The van der Waals surface area contributed by atoms with Gasteiger partial charge in [0.15, 0.2) is 0 Å². The summed E-state index contributed by atoms with van der Waals surface area (Å²) < 4.78 is 29.2. The van der Waals surface area contributed by atoms with Gasteiger partial charge in [-0.2, -0.15) is 15.3 Å². The predicted octanol–water partition coefficient (Wildman–Crippen LogP) is 3.46. The molecule has 0 aliphatic heterocycles. The van der Waals surface area contributed by atoms with Crippen LogP contribution in [0.4, 0.5) is 14.5 Å². The second kappa shape index (κ2) is 10.7. The summed E-state index contributed by atoms with van der Waals surface area (Å²) in [6, 6.07) is 1.23. The van der Waals surface area contributed by atoms with E-state index in [1.54, 1.807) is 23.9 Å². The maximum atomic E-state index is 13.6. The van der Waals surface area contributed by atoms with Gasteiger partial charge in [-0.25, -0.2) is 13.9 Å². The van der Waals surface area contributed by atoms with E-state index in [1.807, 2.05) is 13.8 Å². The van der Waals surface area contributed by atoms with Crippen molar-refractivity contribution in [2.24, 2.45) is 17.8 Å². The van der Waals surface area contributed by atoms with E-state index in [1.165, 1.54) is 17.1 Å². The molecule has 0 radical (unpaired) electrons. The van der Waals surface area contributed by atoms with Gasteiger partial charge >= 0.3 is 0 Å². The minimum Gasteiger partial charge on any atom is -0.339 e. The number of carbonyl (C=O) groups excluding carboxylic acids is 2. The molecule has 0 bridgehead atoms. The first-order valence-electron chi connectivity index (χ1n) is 13.2. The van der Waals surface area contributed by atoms with Crippen molar-refractivity contribution in [3.63, 3.8) is 0 Å². The van der Waals surface area contributed by atoms with Crippen LogP contribution in [0.1, 0.15) is 86.7 Å². The molecular weight excluding hydrogens is 510 g/mol. The van der Waals surface area contributed by atoms with Gasteiger partial charge in [-0.05, 0) is 76.3 Å². The number of carbonyl (C=O) groups is 2. The Bertz CT molecular complexity index is 1390. The highest BCUT2D eigenvalue weighted by Gasteiger charge is 2.48. The molecule has 2 unspecified atom stereocenters. The Morgan fingerprint density at radius 3 is 2.41 bits per heavy atom. The number of anilines is 1. The molecule has 39 heavy (non-hydrogen) atoms. The molecule has 13 heteroatoms. The molecule has 0 aromatic carbocycles. The van der Waals surface area contributed by atoms with Gasteiger partial charge < -0.3 is 10.6 Å². The minimum atomic E-state index is -2.84. The number of H-pyrrole nitrogens is 1. The zero-order valence-electron chi connectivity index (χ0n) is 22.0. The number of nitrogens with one attached hydrogen (secondary N) is 3. The Morgan fingerprint density at radius 1 is 1.10 bits per heavy atom. The number of hydrogen-bond acceptors (Lipinski definition) is 6. The summed E-state index contributed by atoms with van der Waals surface area (Å²) >= 11 is 0. The smallest absolute Gasteiger partial charge is 0.282 e. The summed E-state index contributed by atoms with van der Waals surface area (Å²) in [6.45, 7) is 5.49. The third kappa shape index (κ3) is 5.76. The van der Waals surface area contributed by atoms with Crippen molar-refractivity contribution in [2.45, 2.75) is 71.0 Å². The zero-order chi connectivity index (χ0) is 27.8. The van der Waals surface area contributed by atoms with Crippen LogP contribution in [0.3, 0.4) is 0 Å². The third-order valence-electron chi connectivity index (χ3n) is 7.47. The standard InChI is InChI=1S/C26H32F2N8O3/c1-13(2)36-20(8-9-29-36)25(38)32-22(21(15-4-5-15)16-6-7-16)26(39)31-17-11-30-35(12-17)14(3)18-10-19(23(27)28)33-34-24(18)37/h8-16,21-23H,4-7H2,1-3H3,(H,31,39)(H,32,38)(H,34,37). The van der Waals surface area contributed by atoms with Crippen LogP contribution in [0.2, 0.25) is 0 Å². The van der Waals surface area contributed by atoms with Gasteiger partial charge in [0.2, 0.25) is 5.91 Å². The van der Waals surface area contributed by atoms with Crippen LogP contribution in [0, 0.1) is 17.8 Å². The van der Waals surface area contributed by atoms with Gasteiger partial charge in [0, 0.05) is 24.0 Å². The lowest BCUT2D eigenvalue weighted by molar-refractivity contribution is -0.119. The highest BCUT2D eigenvalue weighted by Crippen LogP contribution is 2.51. The Kier molecular flexibility index (Phi) is 7.32. The van der Waals surface area contributed by atoms with Crippen LogP contribution in [0.5, 0.6) is 0 Å². The van der Waals surface area contributed by atoms with E-state index in [-0.39, 0.29) is 29.3 Å². The van der Waals surface area contributed by atoms with Gasteiger partial charge in [0.25, 0.3) is 17.9 Å². The molecule has 2 aliphatic rings. The van der Waals surface area contributed by atoms with Crippen LogP contribution >= 0.6 is 0 Å². The maximum absolute atomic E-state index is 13.6. The number of aromatic amines is 1. The van der Waals surface area contributed by atoms with E-state index in [9.17, 15) is 23.2 Å². The van der Waals surface area contributed by atoms with Gasteiger partial charge in [0.05, 0.1) is 17.9 Å². The van der Waals surface area contributed by atoms with Crippen molar-refractivity contribution in [3.05, 3.63) is 58.0 Å². The fourth-order valence-electron chi connectivity index (χ4n) is 5.18. The summed E-state index contributed by atoms with van der Waals surface area (Å²) in [5.41, 5.74) is -0.326. The summed E-state index contributed by atoms with van der Waals surface area (Å²) in [5.74, 6) is 0.0874. The van der Waals surface area contributed by atoms with Crippen LogP contribution < -0.4 is 16.2 Å². The first kappa shape index (κ1) is 26.7. The SMILES string of the molecule is CC(c1cc(C(F)F)n[nH]c1=O)n1cc(NC(=O)C(NC(=O)c2ccnn2C(C)C)C(C2CC2)C2CC2)cn1. The average Bonchev–Trinajstić information content (AvgIpc) is 3.82. The van der Waals surface area contributed by atoms with Crippen LogP contribution in [0.15, 0.2) is 35.5 Å². The summed E-state index contributed by atoms with van der Waals surface area (Å²) in [7, 11) is 0. The molecule has 2 saturated carbocycles. The Hall–Kier alpha value is -3.90. The molecule has 2 atom stereocenters. The highest BCUT2D eigenvalue weighted by molar-refractivity contribution is 6.00. The monoisotopic (exact) mass is 542 g/mol. The van der Waals surface area contributed by atoms with E-state index in [0.717, 1.165) is 31.7 Å². The molecule has 0 spiro atoms. The normalized spacial score (nSPS) is 17.0. The number of alkyl halides is 2. The van der Waals surface area contributed by atoms with E-state index < -0.39 is 29.8 Å². The minimum absolute atomic E-state index is 0.0204. The molecule has 208 valence electrons. The lowest BCUT2D eigenvalue weighted by atomic mass is 9.88. The Morgan fingerprint density at radius 2 is 1.79 bits per heavy atom. The third-order valence-corrected chi connectivity index (χ3v) is 7.47. The van der Waals surface area contributed by atoms with Crippen LogP contribution in [-0.2, 0) is 4.79 Å². The molecule has 2 amide bonds. The zero-order valence-corrected chi connectivity index (χ0v) is 22.0. The summed E-state index contributed by atoms with van der Waals surface area (Å²) in [6.07, 6.45) is 5.80. The number of rotatable bonds is 11. The first-order chi connectivity index (χ1) is 18.6. The number of hydrogen-bond donors (Lipinski definition) is 3. The fraction of sp³-hybridized carbons (Fsp3) is 0.538. The van der Waals surface area contributed by atoms with E-state index >= 15 is 0 Å². The predicted molar refractivity (Wildman–Crippen MR) is 137 cm³/mol. The molecule has 2 aliphatic carbocycles. The van der Waals surface area contributed by atoms with Crippen molar-refractivity contribution in [3.8, 4) is 0 Å². The van der Waals surface area contributed by atoms with E-state index in [0.29, 0.717) is 23.2 Å². The van der Waals surface area contributed by atoms with Crippen molar-refractivity contribution in [2.75, 3.05) is 5.32 Å². The number of amides is 2. The van der Waals surface area contributed by atoms with Crippen molar-refractivity contribution < 1.29 is 18.4 Å². The molecule has 3 heterocycles. The van der Waals surface area contributed by atoms with E-state index in [2.05, 4.69) is 31.0 Å². The molecule has 3 N–H and O–H groups in total. The largest absolute Gasteiger partial charge is 0.339 e. The lowest BCUT2D eigenvalue weighted by Crippen LogP contribution is -2.50. The second-order valence-electron chi connectivity index (χ2n) is 10.7. The number of nitrogens with zero attached hydrogens (tertiary/aromatic N) is 5. The summed E-state index contributed by atoms with van der Waals surface area (Å²) in [5, 5.41) is 19.8. The second-order valence-corrected chi connectivity index (χ2v) is 10.7. The lowest BCUT2D eigenvalue weighted by Gasteiger charge is -2.27. The molecule has 5 rings (SSSR count). The topological polar surface area (TPSA) is 140 Å². The van der Waals surface area contributed by atoms with Crippen molar-refractivity contribution in [1.82, 2.24) is 35.1 Å². The molecular formula is C26H32F2N8O3. The Labute approximate surface area is 223 Å². The van der Waals surface area contributed by atoms with Gasteiger partial charge in [0.1, 0.15) is 17.4 Å². The van der Waals surface area contributed by atoms with Gasteiger partial charge in [-0.15, -0.1) is 0 Å². The first-order valence-corrected chi connectivity index (χ1v) is 13.2. The molecule has 11 nitrogen and oxygen atoms in total. The summed E-state index contributed by atoms with van der Waals surface area (Å²) in [4.78, 5) is 39.2. The highest BCUT2D eigenvalue weighted by atomic mass is 19.3. The average molecular weight is 543 g/mol. The molecule has 3 aromatic heterocycles. The quantitative estimate of drug-likeness (QED) is 0.339. The fourth-order valence-corrected chi connectivity index (χ4v) is 5.18. The molecule has 0 saturated heterocycles. The number of aromatic nitrogens is 6. The van der Waals surface area contributed by atoms with Crippen LogP contribution in [0.25, 0.3) is 0 Å². The maximum Gasteiger partial charge on any atom is 0.282 e. The van der Waals surface area contributed by atoms with E-state index in [4.69, 9.17) is 0 Å².